The van der Waals surface area contributed by atoms with Crippen LogP contribution in [0.1, 0.15) is 45.1 Å². The molecule has 0 amide bonds. The molecule has 0 radical (unpaired) electrons. The molecule has 0 aliphatic carbocycles. The van der Waals surface area contributed by atoms with Gasteiger partial charge in [-0.1, -0.05) is 30.7 Å². The first-order valence-corrected chi connectivity index (χ1v) is 8.17. The van der Waals surface area contributed by atoms with Crippen molar-refractivity contribution in [1.82, 2.24) is 4.90 Å². The van der Waals surface area contributed by atoms with Crippen LogP contribution in [0.4, 0.5) is 0 Å². The van der Waals surface area contributed by atoms with Gasteiger partial charge >= 0.3 is 5.97 Å². The first kappa shape index (κ1) is 16.3. The Morgan fingerprint density at radius 2 is 1.86 bits per heavy atom. The monoisotopic (exact) mass is 309 g/mol. The maximum atomic E-state index is 12.1. The normalized spacial score (nSPS) is 18.4. The van der Waals surface area contributed by atoms with Crippen LogP contribution in [0.25, 0.3) is 0 Å². The molecule has 0 spiro atoms. The average Bonchev–Trinajstić information content (AvgIpc) is 3.01. The number of ether oxygens (including phenoxy) is 1. The van der Waals surface area contributed by atoms with Crippen molar-refractivity contribution in [2.45, 2.75) is 45.1 Å². The van der Waals surface area contributed by atoms with E-state index in [1.54, 1.807) is 0 Å². The van der Waals surface area contributed by atoms with Crippen molar-refractivity contribution in [2.24, 2.45) is 0 Å². The lowest BCUT2D eigenvalue weighted by Crippen LogP contribution is -2.46. The van der Waals surface area contributed by atoms with E-state index in [2.05, 4.69) is 11.8 Å². The molecule has 116 valence electrons. The number of benzene rings is 1. The second-order valence-corrected chi connectivity index (χ2v) is 6.00. The SMILES string of the molecule is CCOC(=O)CC(CC)(c1ccc(Cl)cc1)N1CCCC1. The van der Waals surface area contributed by atoms with Crippen LogP contribution < -0.4 is 0 Å². The third-order valence-electron chi connectivity index (χ3n) is 4.42. The van der Waals surface area contributed by atoms with Gasteiger partial charge in [-0.3, -0.25) is 9.69 Å². The van der Waals surface area contributed by atoms with Crippen LogP contribution in [0.2, 0.25) is 5.02 Å². The van der Waals surface area contributed by atoms with Gasteiger partial charge in [0, 0.05) is 5.02 Å². The molecule has 1 unspecified atom stereocenters. The molecule has 1 fully saturated rings. The van der Waals surface area contributed by atoms with Gasteiger partial charge in [-0.25, -0.2) is 0 Å². The Labute approximate surface area is 132 Å². The number of likely N-dealkylation sites (tertiary alicyclic amines) is 1. The fraction of sp³-hybridized carbons (Fsp3) is 0.588. The topological polar surface area (TPSA) is 29.5 Å². The molecule has 1 aliphatic heterocycles. The van der Waals surface area contributed by atoms with Gasteiger partial charge in [0.2, 0.25) is 0 Å². The zero-order chi connectivity index (χ0) is 15.3. The standard InChI is InChI=1S/C17H24ClNO2/c1-3-17(13-16(20)21-4-2,19-11-5-6-12-19)14-7-9-15(18)10-8-14/h7-10H,3-6,11-13H2,1-2H3. The average molecular weight is 310 g/mol. The number of nitrogens with zero attached hydrogens (tertiary/aromatic N) is 1. The molecule has 21 heavy (non-hydrogen) atoms. The molecule has 1 aromatic rings. The summed E-state index contributed by atoms with van der Waals surface area (Å²) in [6, 6.07) is 7.90. The molecule has 0 saturated carbocycles. The third kappa shape index (κ3) is 3.58. The molecule has 2 rings (SSSR count). The third-order valence-corrected chi connectivity index (χ3v) is 4.67. The highest BCUT2D eigenvalue weighted by atomic mass is 35.5. The Morgan fingerprint density at radius 1 is 1.24 bits per heavy atom. The summed E-state index contributed by atoms with van der Waals surface area (Å²) in [4.78, 5) is 14.6. The minimum absolute atomic E-state index is 0.124. The van der Waals surface area contributed by atoms with Crippen molar-refractivity contribution in [1.29, 1.82) is 0 Å². The summed E-state index contributed by atoms with van der Waals surface area (Å²) in [5.74, 6) is -0.124. The number of hydrogen-bond donors (Lipinski definition) is 0. The number of esters is 1. The molecule has 1 aromatic carbocycles. The number of carbonyl (C=O) groups is 1. The first-order valence-electron chi connectivity index (χ1n) is 7.79. The van der Waals surface area contributed by atoms with E-state index in [1.165, 1.54) is 12.8 Å². The maximum Gasteiger partial charge on any atom is 0.308 e. The van der Waals surface area contributed by atoms with Gasteiger partial charge in [-0.2, -0.15) is 0 Å². The highest BCUT2D eigenvalue weighted by Crippen LogP contribution is 2.38. The quantitative estimate of drug-likeness (QED) is 0.744. The van der Waals surface area contributed by atoms with Crippen LogP contribution in [0.15, 0.2) is 24.3 Å². The van der Waals surface area contributed by atoms with Crippen molar-refractivity contribution in [3.63, 3.8) is 0 Å². The van der Waals surface area contributed by atoms with Crippen molar-refractivity contribution < 1.29 is 9.53 Å². The van der Waals surface area contributed by atoms with Gasteiger partial charge in [0.05, 0.1) is 18.6 Å². The molecule has 1 saturated heterocycles. The van der Waals surface area contributed by atoms with Crippen molar-refractivity contribution in [3.8, 4) is 0 Å². The van der Waals surface area contributed by atoms with Gasteiger partial charge in [-0.05, 0) is 57.0 Å². The summed E-state index contributed by atoms with van der Waals surface area (Å²) >= 11 is 6.01. The fourth-order valence-electron chi connectivity index (χ4n) is 3.31. The van der Waals surface area contributed by atoms with Crippen molar-refractivity contribution in [2.75, 3.05) is 19.7 Å². The lowest BCUT2D eigenvalue weighted by Gasteiger charge is -2.41. The largest absolute Gasteiger partial charge is 0.466 e. The number of carbonyl (C=O) groups excluding carboxylic acids is 1. The summed E-state index contributed by atoms with van der Waals surface area (Å²) in [6.07, 6.45) is 3.67. The van der Waals surface area contributed by atoms with Gasteiger partial charge in [0.1, 0.15) is 0 Å². The smallest absolute Gasteiger partial charge is 0.308 e. The Bertz CT molecular complexity index is 468. The summed E-state index contributed by atoms with van der Waals surface area (Å²) in [6.45, 7) is 6.50. The highest BCUT2D eigenvalue weighted by molar-refractivity contribution is 6.30. The van der Waals surface area contributed by atoms with Crippen LogP contribution in [0.5, 0.6) is 0 Å². The van der Waals surface area contributed by atoms with E-state index in [9.17, 15) is 4.79 Å². The molecule has 0 N–H and O–H groups in total. The summed E-state index contributed by atoms with van der Waals surface area (Å²) in [7, 11) is 0. The second-order valence-electron chi connectivity index (χ2n) is 5.57. The van der Waals surface area contributed by atoms with Crippen molar-refractivity contribution >= 4 is 17.6 Å². The molecular weight excluding hydrogens is 286 g/mol. The second kappa shape index (κ2) is 7.28. The van der Waals surface area contributed by atoms with E-state index in [-0.39, 0.29) is 11.5 Å². The minimum atomic E-state index is -0.270. The number of halogens is 1. The Kier molecular flexibility index (Phi) is 5.65. The van der Waals surface area contributed by atoms with Crippen LogP contribution in [-0.2, 0) is 15.1 Å². The van der Waals surface area contributed by atoms with E-state index in [0.29, 0.717) is 13.0 Å². The van der Waals surface area contributed by atoms with Gasteiger partial charge in [0.25, 0.3) is 0 Å². The first-order chi connectivity index (χ1) is 10.1. The van der Waals surface area contributed by atoms with Gasteiger partial charge in [0.15, 0.2) is 0 Å². The van der Waals surface area contributed by atoms with E-state index >= 15 is 0 Å². The summed E-state index contributed by atoms with van der Waals surface area (Å²) in [5.41, 5.74) is 0.886. The van der Waals surface area contributed by atoms with E-state index in [1.807, 2.05) is 31.2 Å². The van der Waals surface area contributed by atoms with E-state index in [0.717, 1.165) is 30.1 Å². The molecule has 1 aliphatic rings. The lowest BCUT2D eigenvalue weighted by molar-refractivity contribution is -0.147. The fourth-order valence-corrected chi connectivity index (χ4v) is 3.43. The predicted molar refractivity (Wildman–Crippen MR) is 85.5 cm³/mol. The molecule has 1 heterocycles. The van der Waals surface area contributed by atoms with Gasteiger partial charge < -0.3 is 4.74 Å². The lowest BCUT2D eigenvalue weighted by atomic mass is 9.82. The molecule has 0 bridgehead atoms. The van der Waals surface area contributed by atoms with E-state index in [4.69, 9.17) is 16.3 Å². The Morgan fingerprint density at radius 3 is 2.38 bits per heavy atom. The number of hydrogen-bond acceptors (Lipinski definition) is 3. The summed E-state index contributed by atoms with van der Waals surface area (Å²) in [5, 5.41) is 0.723. The molecule has 3 nitrogen and oxygen atoms in total. The van der Waals surface area contributed by atoms with Crippen LogP contribution in [0.3, 0.4) is 0 Å². The van der Waals surface area contributed by atoms with E-state index < -0.39 is 0 Å². The van der Waals surface area contributed by atoms with Crippen molar-refractivity contribution in [3.05, 3.63) is 34.9 Å². The predicted octanol–water partition coefficient (Wildman–Crippen LogP) is 3.99. The van der Waals surface area contributed by atoms with Crippen LogP contribution >= 0.6 is 11.6 Å². The van der Waals surface area contributed by atoms with Crippen LogP contribution in [-0.4, -0.2) is 30.6 Å². The Balaban J connectivity index is 2.35. The molecular formula is C17H24ClNO2. The Hall–Kier alpha value is -1.06. The highest BCUT2D eigenvalue weighted by Gasteiger charge is 2.40. The summed E-state index contributed by atoms with van der Waals surface area (Å²) < 4.78 is 5.21. The molecule has 1 atom stereocenters. The minimum Gasteiger partial charge on any atom is -0.466 e. The maximum absolute atomic E-state index is 12.1. The van der Waals surface area contributed by atoms with Gasteiger partial charge in [-0.15, -0.1) is 0 Å². The zero-order valence-electron chi connectivity index (χ0n) is 12.9. The number of rotatable bonds is 6. The molecule has 4 heteroatoms. The van der Waals surface area contributed by atoms with Crippen LogP contribution in [0, 0.1) is 0 Å². The zero-order valence-corrected chi connectivity index (χ0v) is 13.7. The molecule has 0 aromatic heterocycles.